The number of alkyl halides is 3. The number of Topliss-reactive ketones (excluding diaryl/α,β-unsaturated/α-hetero) is 1. The summed E-state index contributed by atoms with van der Waals surface area (Å²) in [6, 6.07) is 19.9. The molecule has 0 bridgehead atoms. The van der Waals surface area contributed by atoms with Gasteiger partial charge in [0.1, 0.15) is 5.82 Å². The van der Waals surface area contributed by atoms with E-state index in [2.05, 4.69) is 11.8 Å². The van der Waals surface area contributed by atoms with Crippen molar-refractivity contribution in [2.45, 2.75) is 18.0 Å². The van der Waals surface area contributed by atoms with Crippen LogP contribution in [0, 0.1) is 17.7 Å². The topological polar surface area (TPSA) is 17.1 Å². The van der Waals surface area contributed by atoms with E-state index in [0.717, 1.165) is 6.07 Å². The van der Waals surface area contributed by atoms with E-state index in [4.69, 9.17) is 0 Å². The number of hydrogen-bond acceptors (Lipinski definition) is 1. The Morgan fingerprint density at radius 3 is 2.03 bits per heavy atom. The standard InChI is InChI=1S/C24H16F4O/c25-21-13-7-8-18(16-21)14-15-23(24(26,27)28,20-11-5-2-6-12-20)17-22(29)19-9-3-1-4-10-19/h1-13,16H,17H2. The Morgan fingerprint density at radius 1 is 0.828 bits per heavy atom. The van der Waals surface area contributed by atoms with Crippen LogP contribution < -0.4 is 0 Å². The second-order valence-corrected chi connectivity index (χ2v) is 6.50. The molecule has 0 amide bonds. The van der Waals surface area contributed by atoms with Crippen molar-refractivity contribution in [3.05, 3.63) is 107 Å². The Bertz CT molecular complexity index is 1050. The molecule has 29 heavy (non-hydrogen) atoms. The normalized spacial score (nSPS) is 13.1. The van der Waals surface area contributed by atoms with E-state index in [1.165, 1.54) is 54.6 Å². The van der Waals surface area contributed by atoms with Crippen molar-refractivity contribution in [1.82, 2.24) is 0 Å². The summed E-state index contributed by atoms with van der Waals surface area (Å²) in [6.07, 6.45) is -5.72. The van der Waals surface area contributed by atoms with E-state index < -0.39 is 29.6 Å². The third kappa shape index (κ3) is 4.55. The molecule has 0 heterocycles. The highest BCUT2D eigenvalue weighted by Gasteiger charge is 2.56. The fourth-order valence-corrected chi connectivity index (χ4v) is 2.99. The van der Waals surface area contributed by atoms with Crippen LogP contribution in [0.5, 0.6) is 0 Å². The van der Waals surface area contributed by atoms with E-state index in [-0.39, 0.29) is 16.7 Å². The van der Waals surface area contributed by atoms with Crippen LogP contribution >= 0.6 is 0 Å². The Balaban J connectivity index is 2.15. The fraction of sp³-hybridized carbons (Fsp3) is 0.125. The highest BCUT2D eigenvalue weighted by atomic mass is 19.4. The molecule has 0 N–H and O–H groups in total. The van der Waals surface area contributed by atoms with Gasteiger partial charge in [-0.25, -0.2) is 4.39 Å². The first kappa shape index (κ1) is 20.3. The summed E-state index contributed by atoms with van der Waals surface area (Å²) in [5, 5.41) is 0. The lowest BCUT2D eigenvalue weighted by atomic mass is 9.75. The lowest BCUT2D eigenvalue weighted by Crippen LogP contribution is -2.43. The smallest absolute Gasteiger partial charge is 0.294 e. The maximum absolute atomic E-state index is 14.4. The second kappa shape index (κ2) is 8.32. The van der Waals surface area contributed by atoms with Gasteiger partial charge in [-0.2, -0.15) is 13.2 Å². The van der Waals surface area contributed by atoms with Crippen LogP contribution in [0.3, 0.4) is 0 Å². The van der Waals surface area contributed by atoms with E-state index in [1.807, 2.05) is 0 Å². The maximum Gasteiger partial charge on any atom is 0.409 e. The number of hydrogen-bond donors (Lipinski definition) is 0. The van der Waals surface area contributed by atoms with Crippen LogP contribution in [0.1, 0.15) is 27.9 Å². The van der Waals surface area contributed by atoms with Crippen molar-refractivity contribution in [3.63, 3.8) is 0 Å². The number of rotatable bonds is 4. The molecule has 0 radical (unpaired) electrons. The lowest BCUT2D eigenvalue weighted by Gasteiger charge is -2.31. The fourth-order valence-electron chi connectivity index (χ4n) is 2.99. The minimum atomic E-state index is -4.83. The summed E-state index contributed by atoms with van der Waals surface area (Å²) in [7, 11) is 0. The van der Waals surface area contributed by atoms with Crippen molar-refractivity contribution in [2.75, 3.05) is 0 Å². The van der Waals surface area contributed by atoms with Gasteiger partial charge >= 0.3 is 6.18 Å². The van der Waals surface area contributed by atoms with Gasteiger partial charge in [-0.3, -0.25) is 4.79 Å². The predicted molar refractivity (Wildman–Crippen MR) is 103 cm³/mol. The van der Waals surface area contributed by atoms with E-state index in [1.54, 1.807) is 24.3 Å². The molecule has 1 nitrogen and oxygen atoms in total. The monoisotopic (exact) mass is 396 g/mol. The molecule has 5 heteroatoms. The van der Waals surface area contributed by atoms with Crippen LogP contribution in [0.15, 0.2) is 84.9 Å². The molecule has 0 aliphatic heterocycles. The predicted octanol–water partition coefficient (Wildman–Crippen LogP) is 5.95. The van der Waals surface area contributed by atoms with Crippen LogP contribution in [0.2, 0.25) is 0 Å². The highest BCUT2D eigenvalue weighted by molar-refractivity contribution is 5.97. The Labute approximate surface area is 166 Å². The van der Waals surface area contributed by atoms with E-state index >= 15 is 0 Å². The SMILES string of the molecule is O=C(CC(C#Cc1cccc(F)c1)(c1ccccc1)C(F)(F)F)c1ccccc1. The van der Waals surface area contributed by atoms with Gasteiger partial charge in [0.2, 0.25) is 0 Å². The molecule has 0 spiro atoms. The zero-order valence-electron chi connectivity index (χ0n) is 15.2. The summed E-state index contributed by atoms with van der Waals surface area (Å²) in [4.78, 5) is 12.7. The summed E-state index contributed by atoms with van der Waals surface area (Å²) >= 11 is 0. The molecular weight excluding hydrogens is 380 g/mol. The summed E-state index contributed by atoms with van der Waals surface area (Å²) in [5.74, 6) is 3.41. The van der Waals surface area contributed by atoms with Gasteiger partial charge in [0.05, 0.1) is 0 Å². The molecule has 3 aromatic rings. The largest absolute Gasteiger partial charge is 0.409 e. The molecule has 0 fully saturated rings. The van der Waals surface area contributed by atoms with Crippen LogP contribution in [-0.4, -0.2) is 12.0 Å². The van der Waals surface area contributed by atoms with Crippen molar-refractivity contribution in [1.29, 1.82) is 0 Å². The summed E-state index contributed by atoms with van der Waals surface area (Å²) in [5.41, 5.74) is -2.60. The molecular formula is C24H16F4O. The molecule has 0 aliphatic rings. The maximum atomic E-state index is 14.4. The van der Waals surface area contributed by atoms with Crippen molar-refractivity contribution in [2.24, 2.45) is 0 Å². The Kier molecular flexibility index (Phi) is 5.84. The first-order valence-electron chi connectivity index (χ1n) is 8.81. The van der Waals surface area contributed by atoms with Crippen LogP contribution in [0.25, 0.3) is 0 Å². The lowest BCUT2D eigenvalue weighted by molar-refractivity contribution is -0.172. The molecule has 3 rings (SSSR count). The molecule has 1 unspecified atom stereocenters. The molecule has 0 aromatic heterocycles. The van der Waals surface area contributed by atoms with Crippen molar-refractivity contribution in [3.8, 4) is 11.8 Å². The quantitative estimate of drug-likeness (QED) is 0.303. The average molecular weight is 396 g/mol. The summed E-state index contributed by atoms with van der Waals surface area (Å²) < 4.78 is 56.6. The number of halogens is 4. The first-order valence-corrected chi connectivity index (χ1v) is 8.81. The van der Waals surface area contributed by atoms with Crippen LogP contribution in [-0.2, 0) is 5.41 Å². The van der Waals surface area contributed by atoms with Gasteiger partial charge in [-0.05, 0) is 23.8 Å². The van der Waals surface area contributed by atoms with Gasteiger partial charge in [0.25, 0.3) is 0 Å². The average Bonchev–Trinajstić information content (AvgIpc) is 2.71. The third-order valence-electron chi connectivity index (χ3n) is 4.52. The molecule has 1 atom stereocenters. The van der Waals surface area contributed by atoms with Crippen molar-refractivity contribution >= 4 is 5.78 Å². The molecule has 0 aliphatic carbocycles. The number of ketones is 1. The molecule has 3 aromatic carbocycles. The van der Waals surface area contributed by atoms with Gasteiger partial charge in [0, 0.05) is 17.5 Å². The molecule has 0 saturated heterocycles. The van der Waals surface area contributed by atoms with Gasteiger partial charge < -0.3 is 0 Å². The summed E-state index contributed by atoms with van der Waals surface area (Å²) in [6.45, 7) is 0. The molecule has 146 valence electrons. The first-order chi connectivity index (χ1) is 13.8. The van der Waals surface area contributed by atoms with Gasteiger partial charge in [-0.15, -0.1) is 0 Å². The van der Waals surface area contributed by atoms with E-state index in [0.29, 0.717) is 0 Å². The third-order valence-corrected chi connectivity index (χ3v) is 4.52. The zero-order chi connectivity index (χ0) is 20.9. The highest BCUT2D eigenvalue weighted by Crippen LogP contribution is 2.44. The number of carbonyl (C=O) groups is 1. The number of carbonyl (C=O) groups excluding carboxylic acids is 1. The van der Waals surface area contributed by atoms with E-state index in [9.17, 15) is 22.4 Å². The minimum absolute atomic E-state index is 0.0988. The Morgan fingerprint density at radius 2 is 1.45 bits per heavy atom. The molecule has 0 saturated carbocycles. The number of benzene rings is 3. The Hall–Kier alpha value is -3.39. The van der Waals surface area contributed by atoms with Crippen LogP contribution in [0.4, 0.5) is 17.6 Å². The van der Waals surface area contributed by atoms with Gasteiger partial charge in [-0.1, -0.05) is 78.6 Å². The second-order valence-electron chi connectivity index (χ2n) is 6.50. The van der Waals surface area contributed by atoms with Crippen molar-refractivity contribution < 1.29 is 22.4 Å². The van der Waals surface area contributed by atoms with Gasteiger partial charge in [0.15, 0.2) is 11.2 Å². The minimum Gasteiger partial charge on any atom is -0.294 e. The zero-order valence-corrected chi connectivity index (χ0v) is 15.2.